The SMILES string of the molecule is CCOC(=O)Oc1ccccc1C(=O)OOC(=O)c1ccccc1OC(=O)C1CCCCC1. The molecule has 0 bridgehead atoms. The zero-order valence-electron chi connectivity index (χ0n) is 18.1. The van der Waals surface area contributed by atoms with Crippen LogP contribution in [-0.2, 0) is 19.3 Å². The largest absolute Gasteiger partial charge is 0.513 e. The number of carbonyl (C=O) groups excluding carboxylic acids is 4. The van der Waals surface area contributed by atoms with Gasteiger partial charge in [-0.2, -0.15) is 0 Å². The Hall–Kier alpha value is -3.88. The van der Waals surface area contributed by atoms with E-state index in [9.17, 15) is 19.2 Å². The fraction of sp³-hybridized carbons (Fsp3) is 0.333. The average molecular weight is 456 g/mol. The number of hydrogen-bond acceptors (Lipinski definition) is 9. The molecule has 0 unspecified atom stereocenters. The lowest BCUT2D eigenvalue weighted by molar-refractivity contribution is -0.187. The van der Waals surface area contributed by atoms with Crippen LogP contribution in [0.25, 0.3) is 0 Å². The van der Waals surface area contributed by atoms with Crippen molar-refractivity contribution in [3.05, 3.63) is 59.7 Å². The summed E-state index contributed by atoms with van der Waals surface area (Å²) in [4.78, 5) is 58.2. The lowest BCUT2D eigenvalue weighted by Gasteiger charge is -2.20. The molecule has 0 atom stereocenters. The predicted molar refractivity (Wildman–Crippen MR) is 114 cm³/mol. The summed E-state index contributed by atoms with van der Waals surface area (Å²) in [5.74, 6) is -2.83. The number of benzene rings is 2. The minimum absolute atomic E-state index is 0.0140. The smallest absolute Gasteiger partial charge is 0.434 e. The van der Waals surface area contributed by atoms with Gasteiger partial charge in [-0.15, -0.1) is 0 Å². The molecule has 0 N–H and O–H groups in total. The molecule has 0 spiro atoms. The topological polar surface area (TPSA) is 114 Å². The molecule has 0 amide bonds. The van der Waals surface area contributed by atoms with Gasteiger partial charge in [-0.05, 0) is 44.0 Å². The maximum Gasteiger partial charge on any atom is 0.513 e. The average Bonchev–Trinajstić information content (AvgIpc) is 2.83. The van der Waals surface area contributed by atoms with Crippen LogP contribution >= 0.6 is 0 Å². The Morgan fingerprint density at radius 3 is 1.82 bits per heavy atom. The summed E-state index contributed by atoms with van der Waals surface area (Å²) >= 11 is 0. The second-order valence-electron chi connectivity index (χ2n) is 7.28. The molecule has 0 aromatic heterocycles. The Morgan fingerprint density at radius 1 is 0.758 bits per heavy atom. The van der Waals surface area contributed by atoms with E-state index in [1.54, 1.807) is 19.1 Å². The number of esters is 1. The summed E-state index contributed by atoms with van der Waals surface area (Å²) in [6.45, 7) is 1.69. The van der Waals surface area contributed by atoms with Gasteiger partial charge in [0.2, 0.25) is 0 Å². The first-order valence-corrected chi connectivity index (χ1v) is 10.7. The van der Waals surface area contributed by atoms with E-state index in [4.69, 9.17) is 9.47 Å². The van der Waals surface area contributed by atoms with Crippen molar-refractivity contribution in [3.8, 4) is 11.5 Å². The molecule has 1 aliphatic rings. The number of para-hydroxylation sites is 2. The molecule has 1 fully saturated rings. The lowest BCUT2D eigenvalue weighted by Crippen LogP contribution is -2.23. The summed E-state index contributed by atoms with van der Waals surface area (Å²) in [5, 5.41) is 0. The number of carbonyl (C=O) groups is 4. The second-order valence-corrected chi connectivity index (χ2v) is 7.28. The lowest BCUT2D eigenvalue weighted by atomic mass is 9.89. The molecule has 9 heteroatoms. The van der Waals surface area contributed by atoms with Gasteiger partial charge >= 0.3 is 24.1 Å². The van der Waals surface area contributed by atoms with Crippen LogP contribution in [0.5, 0.6) is 11.5 Å². The Morgan fingerprint density at radius 2 is 1.27 bits per heavy atom. The Bertz CT molecular complexity index is 1010. The molecule has 174 valence electrons. The van der Waals surface area contributed by atoms with Crippen LogP contribution in [0.2, 0.25) is 0 Å². The first-order valence-electron chi connectivity index (χ1n) is 10.7. The fourth-order valence-corrected chi connectivity index (χ4v) is 3.38. The van der Waals surface area contributed by atoms with Gasteiger partial charge in [-0.1, -0.05) is 43.5 Å². The highest BCUT2D eigenvalue weighted by Gasteiger charge is 2.26. The molecular weight excluding hydrogens is 432 g/mol. The standard InChI is InChI=1S/C24H24O9/c1-2-29-24(28)31-20-15-9-7-13-18(20)23(27)33-32-22(26)17-12-6-8-14-19(17)30-21(25)16-10-4-3-5-11-16/h6-9,12-16H,2-5,10-11H2,1H3. The monoisotopic (exact) mass is 456 g/mol. The summed E-state index contributed by atoms with van der Waals surface area (Å²) < 4.78 is 15.1. The minimum Gasteiger partial charge on any atom is -0.434 e. The Labute approximate surface area is 190 Å². The van der Waals surface area contributed by atoms with Crippen LogP contribution < -0.4 is 9.47 Å². The molecule has 0 heterocycles. The van der Waals surface area contributed by atoms with Crippen LogP contribution in [0.3, 0.4) is 0 Å². The zero-order valence-corrected chi connectivity index (χ0v) is 18.1. The summed E-state index contributed by atoms with van der Waals surface area (Å²) in [7, 11) is 0. The second kappa shape index (κ2) is 11.7. The van der Waals surface area contributed by atoms with Gasteiger partial charge in [0.1, 0.15) is 22.6 Å². The fourth-order valence-electron chi connectivity index (χ4n) is 3.38. The molecule has 33 heavy (non-hydrogen) atoms. The van der Waals surface area contributed by atoms with Gasteiger partial charge in [0.15, 0.2) is 0 Å². The first kappa shape index (κ1) is 23.8. The highest BCUT2D eigenvalue weighted by atomic mass is 17.2. The molecule has 0 aliphatic heterocycles. The molecule has 0 radical (unpaired) electrons. The Kier molecular flexibility index (Phi) is 8.40. The minimum atomic E-state index is -1.07. The molecular formula is C24H24O9. The summed E-state index contributed by atoms with van der Waals surface area (Å²) in [5.41, 5.74) is -0.235. The van der Waals surface area contributed by atoms with E-state index in [0.717, 1.165) is 32.1 Å². The third kappa shape index (κ3) is 6.55. The van der Waals surface area contributed by atoms with Crippen LogP contribution in [0.4, 0.5) is 4.79 Å². The van der Waals surface area contributed by atoms with Crippen LogP contribution in [-0.4, -0.2) is 30.7 Å². The summed E-state index contributed by atoms with van der Waals surface area (Å²) in [6.07, 6.45) is 3.50. The van der Waals surface area contributed by atoms with Crippen molar-refractivity contribution in [1.29, 1.82) is 0 Å². The normalized spacial score (nSPS) is 13.5. The maximum absolute atomic E-state index is 12.5. The molecule has 9 nitrogen and oxygen atoms in total. The summed E-state index contributed by atoms with van der Waals surface area (Å²) in [6, 6.07) is 11.7. The van der Waals surface area contributed by atoms with Crippen molar-refractivity contribution in [2.24, 2.45) is 5.92 Å². The van der Waals surface area contributed by atoms with Crippen molar-refractivity contribution in [2.45, 2.75) is 39.0 Å². The van der Waals surface area contributed by atoms with Crippen LogP contribution in [0.15, 0.2) is 48.5 Å². The van der Waals surface area contributed by atoms with E-state index in [1.807, 2.05) is 0 Å². The van der Waals surface area contributed by atoms with Gasteiger partial charge in [0.25, 0.3) is 0 Å². The van der Waals surface area contributed by atoms with Gasteiger partial charge < -0.3 is 14.2 Å². The Balaban J connectivity index is 1.64. The third-order valence-electron chi connectivity index (χ3n) is 5.01. The number of rotatable bonds is 6. The van der Waals surface area contributed by atoms with Crippen molar-refractivity contribution in [3.63, 3.8) is 0 Å². The number of hydrogen-bond donors (Lipinski definition) is 0. The van der Waals surface area contributed by atoms with Crippen molar-refractivity contribution >= 4 is 24.1 Å². The van der Waals surface area contributed by atoms with E-state index in [2.05, 4.69) is 14.5 Å². The van der Waals surface area contributed by atoms with E-state index in [-0.39, 0.29) is 35.2 Å². The molecule has 2 aromatic carbocycles. The van der Waals surface area contributed by atoms with Crippen molar-refractivity contribution in [2.75, 3.05) is 6.61 Å². The highest BCUT2D eigenvalue weighted by Crippen LogP contribution is 2.27. The van der Waals surface area contributed by atoms with Gasteiger partial charge in [-0.25, -0.2) is 24.2 Å². The van der Waals surface area contributed by atoms with Crippen LogP contribution in [0.1, 0.15) is 59.7 Å². The molecule has 1 saturated carbocycles. The van der Waals surface area contributed by atoms with E-state index >= 15 is 0 Å². The van der Waals surface area contributed by atoms with Gasteiger partial charge in [0, 0.05) is 0 Å². The van der Waals surface area contributed by atoms with E-state index in [1.165, 1.54) is 36.4 Å². The predicted octanol–water partition coefficient (Wildman–Crippen LogP) is 4.64. The maximum atomic E-state index is 12.5. The van der Waals surface area contributed by atoms with E-state index < -0.39 is 24.1 Å². The zero-order chi connectivity index (χ0) is 23.6. The molecule has 3 rings (SSSR count). The molecule has 2 aromatic rings. The van der Waals surface area contributed by atoms with Crippen LogP contribution in [0, 0.1) is 5.92 Å². The van der Waals surface area contributed by atoms with E-state index in [0.29, 0.717) is 0 Å². The van der Waals surface area contributed by atoms with Gasteiger partial charge in [0.05, 0.1) is 12.5 Å². The first-order chi connectivity index (χ1) is 16.0. The van der Waals surface area contributed by atoms with Crippen molar-refractivity contribution in [1.82, 2.24) is 0 Å². The quantitative estimate of drug-likeness (QED) is 0.202. The van der Waals surface area contributed by atoms with Crippen molar-refractivity contribution < 1.29 is 43.2 Å². The molecule has 0 saturated heterocycles. The molecule has 1 aliphatic carbocycles. The third-order valence-corrected chi connectivity index (χ3v) is 5.01. The highest BCUT2D eigenvalue weighted by molar-refractivity contribution is 5.96. The number of ether oxygens (including phenoxy) is 3. The van der Waals surface area contributed by atoms with Gasteiger partial charge in [-0.3, -0.25) is 4.79 Å².